The first-order valence-corrected chi connectivity index (χ1v) is 34.9. The summed E-state index contributed by atoms with van der Waals surface area (Å²) in [6.07, 6.45) is 7.52. The van der Waals surface area contributed by atoms with Crippen LogP contribution in [0.5, 0.6) is 17.2 Å². The summed E-state index contributed by atoms with van der Waals surface area (Å²) in [4.78, 5) is 82.0. The van der Waals surface area contributed by atoms with Gasteiger partial charge in [0.1, 0.15) is 34.5 Å². The number of carbonyl (C=O) groups excluding carboxylic acids is 6. The molecule has 0 unspecified atom stereocenters. The number of fused-ring (bicyclic) bond motifs is 1. The van der Waals surface area contributed by atoms with Crippen molar-refractivity contribution in [3.05, 3.63) is 201 Å². The number of aliphatic carboxylic acids is 1. The minimum atomic E-state index is -0.899. The van der Waals surface area contributed by atoms with Crippen LogP contribution in [0.15, 0.2) is 140 Å². The number of primary amides is 1. The molecule has 4 N–H and O–H groups in total. The Kier molecular flexibility index (Phi) is 32.7. The van der Waals surface area contributed by atoms with Crippen molar-refractivity contribution in [2.24, 2.45) is 35.3 Å². The molecule has 6 aliphatic rings. The van der Waals surface area contributed by atoms with Gasteiger partial charge in [0.05, 0.1) is 99.8 Å². The number of carboxylic acid groups (broad SMARTS) is 1. The SMILES string of the molecule is CCOC(=O)C1CC(=O)C1.CCOC(=O)C1CC(O)(c2ccc(OC)cc2)C1.CCOC(=O)C1CC(c2ccc(OC)cc2)C1.COc1ccc(C2CC(C(=O)O)C2)cc1.Cc1cc[c-]cc1.Cc1ccc(C2CC(CC(=O)N3CCn4nc(-c5ccc(F)c(Cl)c5)c(C(N)=O)c4C3)C2)cc1.[Br-].[Mg+2]. The number of halogens is 3. The summed E-state index contributed by atoms with van der Waals surface area (Å²) in [6.45, 7) is 12.1. The fourth-order valence-corrected chi connectivity index (χ4v) is 13.1. The summed E-state index contributed by atoms with van der Waals surface area (Å²) in [6, 6.07) is 46.9. The van der Waals surface area contributed by atoms with Gasteiger partial charge >= 0.3 is 46.9 Å². The fraction of sp³-hybridized carbons (Fsp3) is 0.425. The van der Waals surface area contributed by atoms with Crippen molar-refractivity contribution < 1.29 is 93.6 Å². The molecule has 13 rings (SSSR count). The molecule has 0 bridgehead atoms. The summed E-state index contributed by atoms with van der Waals surface area (Å²) < 4.78 is 45.2. The Morgan fingerprint density at radius 2 is 1.07 bits per heavy atom. The molecule has 5 aliphatic carbocycles. The van der Waals surface area contributed by atoms with E-state index in [9.17, 15) is 43.1 Å². The largest absolute Gasteiger partial charge is 2.00 e. The minimum Gasteiger partial charge on any atom is -1.00 e. The van der Waals surface area contributed by atoms with Crippen molar-refractivity contribution in [3.8, 4) is 28.5 Å². The van der Waals surface area contributed by atoms with E-state index in [-0.39, 0.29) is 110 Å². The van der Waals surface area contributed by atoms with E-state index in [2.05, 4.69) is 61.4 Å². The molecule has 2 amide bonds. The molecule has 103 heavy (non-hydrogen) atoms. The monoisotopic (exact) mass is 1510 g/mol. The van der Waals surface area contributed by atoms with E-state index in [0.717, 1.165) is 61.3 Å². The van der Waals surface area contributed by atoms with Gasteiger partial charge in [-0.15, -0.1) is 0 Å². The Labute approximate surface area is 634 Å². The van der Waals surface area contributed by atoms with Crippen LogP contribution in [-0.2, 0) is 61.7 Å². The van der Waals surface area contributed by atoms with Crippen LogP contribution in [0.3, 0.4) is 0 Å². The van der Waals surface area contributed by atoms with E-state index >= 15 is 0 Å². The number of nitrogens with two attached hydrogens (primary N) is 1. The van der Waals surface area contributed by atoms with Gasteiger partial charge in [0.2, 0.25) is 5.91 Å². The summed E-state index contributed by atoms with van der Waals surface area (Å²) in [5, 5.41) is 23.6. The third-order valence-electron chi connectivity index (χ3n) is 19.3. The number of carbonyl (C=O) groups is 7. The molecule has 6 aromatic carbocycles. The van der Waals surface area contributed by atoms with E-state index in [1.165, 1.54) is 46.0 Å². The van der Waals surface area contributed by atoms with Crippen LogP contribution >= 0.6 is 11.6 Å². The van der Waals surface area contributed by atoms with Crippen LogP contribution in [-0.4, -0.2) is 137 Å². The van der Waals surface area contributed by atoms with Gasteiger partial charge in [0.15, 0.2) is 0 Å². The van der Waals surface area contributed by atoms with Crippen LogP contribution in [0.1, 0.15) is 159 Å². The third kappa shape index (κ3) is 23.2. The third-order valence-corrected chi connectivity index (χ3v) is 19.6. The number of nitrogens with zero attached hydrogens (tertiary/aromatic N) is 3. The number of amides is 2. The number of aliphatic hydroxyl groups is 1. The number of hydrogen-bond acceptors (Lipinski definition) is 15. The quantitative estimate of drug-likeness (QED) is 0.0312. The molecule has 546 valence electrons. The van der Waals surface area contributed by atoms with Gasteiger partial charge in [-0.1, -0.05) is 84.8 Å². The minimum absolute atomic E-state index is 0. The number of ketones is 1. The maximum Gasteiger partial charge on any atom is 2.00 e. The van der Waals surface area contributed by atoms with Gasteiger partial charge in [-0.25, -0.2) is 4.39 Å². The van der Waals surface area contributed by atoms with Crippen molar-refractivity contribution in [3.63, 3.8) is 0 Å². The second kappa shape index (κ2) is 40.2. The van der Waals surface area contributed by atoms with Crippen LogP contribution in [0.25, 0.3) is 11.3 Å². The summed E-state index contributed by atoms with van der Waals surface area (Å²) in [5.74, 6) is 1.83. The number of carboxylic acids is 1. The Hall–Kier alpha value is -8.15. The zero-order chi connectivity index (χ0) is 72.9. The van der Waals surface area contributed by atoms with E-state index in [4.69, 9.17) is 50.9 Å². The second-order valence-electron chi connectivity index (χ2n) is 26.3. The normalized spacial score (nSPS) is 20.7. The summed E-state index contributed by atoms with van der Waals surface area (Å²) in [7, 11) is 4.90. The van der Waals surface area contributed by atoms with Gasteiger partial charge in [0, 0.05) is 31.4 Å². The number of benzene rings is 6. The first-order valence-electron chi connectivity index (χ1n) is 34.5. The standard InChI is InChI=1S/C26H26ClFN4O2.C14H18O4.C14H18O3.C12H14O3.C7H10O3.C7H7.BrH.Mg/c1-15-2-4-17(5-3-15)19-10-16(11-19)12-23(33)31-8-9-32-22(14-31)24(26(29)34)25(30-32)18-6-7-21(28)20(27)13-18;1-3-18-13(15)10-8-14(16,9-10)11-4-6-12(17-2)7-5-11;1-3-17-14(15)12-8-11(9-12)10-4-6-13(16-2)7-5-10;1-15-11-4-2-8(3-5-11)9-6-10(7-9)12(13)14;1-2-10-7(9)5-3-6(8)4-5;1-7-5-3-2-4-6-7;;/h2-7,13,16,19H,8-12,14H2,1H3,(H2,29,34);4-7,10,16H,3,8-9H2,1-2H3;4-7,11-12H,3,8-9H2,1-2H3;2-5,9-10H,6-7H2,1H3,(H,13,14);5H,2-4H2,1H3;3-6H,1H3;1H;/q;;;;;-1;;+2/p-1. The molecule has 0 saturated heterocycles. The Morgan fingerprint density at radius 1 is 0.621 bits per heavy atom. The predicted octanol–water partition coefficient (Wildman–Crippen LogP) is 10.5. The molecule has 0 spiro atoms. The molecular formula is C80H93BrClFMgN4O15. The number of methoxy groups -OCH3 is 3. The molecule has 5 fully saturated rings. The molecule has 0 radical (unpaired) electrons. The van der Waals surface area contributed by atoms with Gasteiger partial charge in [-0.05, 0) is 180 Å². The number of aryl methyl sites for hydroxylation is 2. The maximum absolute atomic E-state index is 13.6. The van der Waals surface area contributed by atoms with Gasteiger partial charge in [-0.3, -0.25) is 38.2 Å². The van der Waals surface area contributed by atoms with Crippen molar-refractivity contribution in [1.29, 1.82) is 0 Å². The van der Waals surface area contributed by atoms with Crippen LogP contribution < -0.4 is 36.9 Å². The molecule has 19 nitrogen and oxygen atoms in total. The number of esters is 3. The topological polar surface area (TPSA) is 262 Å². The molecule has 1 aromatic heterocycles. The van der Waals surface area contributed by atoms with Crippen molar-refractivity contribution in [1.82, 2.24) is 14.7 Å². The average Bonchev–Trinajstić information content (AvgIpc) is 1.70. The first kappa shape index (κ1) is 83.8. The van der Waals surface area contributed by atoms with Gasteiger partial charge in [0.25, 0.3) is 5.91 Å². The smallest absolute Gasteiger partial charge is 1.00 e. The number of aromatic nitrogens is 2. The zero-order valence-corrected chi connectivity index (χ0v) is 63.6. The van der Waals surface area contributed by atoms with Crippen LogP contribution in [0, 0.1) is 55.3 Å². The maximum atomic E-state index is 13.6. The summed E-state index contributed by atoms with van der Waals surface area (Å²) >= 11 is 5.93. The van der Waals surface area contributed by atoms with Crippen LogP contribution in [0.2, 0.25) is 5.02 Å². The van der Waals surface area contributed by atoms with Gasteiger partial charge in [-0.2, -0.15) is 41.0 Å². The molecule has 2 heterocycles. The molecular weight excluding hydrogens is 1420 g/mol. The van der Waals surface area contributed by atoms with E-state index < -0.39 is 23.3 Å². The Morgan fingerprint density at radius 3 is 1.50 bits per heavy atom. The second-order valence-corrected chi connectivity index (χ2v) is 26.7. The van der Waals surface area contributed by atoms with Crippen molar-refractivity contribution in [2.45, 2.75) is 142 Å². The van der Waals surface area contributed by atoms with Gasteiger partial charge < -0.3 is 66.2 Å². The fourth-order valence-electron chi connectivity index (χ4n) is 12.9. The van der Waals surface area contributed by atoms with E-state index in [0.29, 0.717) is 106 Å². The molecule has 1 aliphatic heterocycles. The number of rotatable bonds is 18. The van der Waals surface area contributed by atoms with E-state index in [1.54, 1.807) is 44.8 Å². The predicted molar refractivity (Wildman–Crippen MR) is 385 cm³/mol. The molecule has 7 aromatic rings. The molecule has 23 heteroatoms. The van der Waals surface area contributed by atoms with E-state index in [1.807, 2.05) is 91.9 Å². The molecule has 5 saturated carbocycles. The molecule has 0 atom stereocenters. The average molecular weight is 1510 g/mol. The first-order chi connectivity index (χ1) is 48.5. The summed E-state index contributed by atoms with van der Waals surface area (Å²) in [5.41, 5.74) is 13.7. The zero-order valence-electron chi connectivity index (χ0n) is 59.9. The van der Waals surface area contributed by atoms with Crippen molar-refractivity contribution >= 4 is 76.1 Å². The van der Waals surface area contributed by atoms with Crippen LogP contribution in [0.4, 0.5) is 4.39 Å². The number of ether oxygens (including phenoxy) is 6. The van der Waals surface area contributed by atoms with Crippen molar-refractivity contribution in [2.75, 3.05) is 47.7 Å². The number of hydrogen-bond donors (Lipinski definition) is 3. The number of Topliss-reactive ketones (excluding diaryl/α,β-unsaturated/α-hetero) is 1. The Bertz CT molecular complexity index is 3910. The Balaban J connectivity index is 0.000000208.